The number of rotatable bonds is 23. The minimum absolute atomic E-state index is 0. The van der Waals surface area contributed by atoms with Crippen LogP contribution >= 0.6 is 7.26 Å². The van der Waals surface area contributed by atoms with E-state index in [2.05, 4.69) is 27.7 Å². The van der Waals surface area contributed by atoms with Crippen molar-refractivity contribution in [3.63, 3.8) is 0 Å². The summed E-state index contributed by atoms with van der Waals surface area (Å²) in [5.41, 5.74) is 0. The lowest BCUT2D eigenvalue weighted by molar-refractivity contribution is -0.00000646. The largest absolute Gasteiger partial charge is 1.00 e. The highest BCUT2D eigenvalue weighted by molar-refractivity contribution is 7.75. The van der Waals surface area contributed by atoms with Gasteiger partial charge in [0.25, 0.3) is 0 Å². The Morgan fingerprint density at radius 2 is 0.517 bits per heavy atom. The van der Waals surface area contributed by atoms with Gasteiger partial charge < -0.3 is 24.0 Å². The zero-order valence-corrected chi connectivity index (χ0v) is 24.1. The fraction of sp³-hybridized carbons (Fsp3) is 1.00. The predicted molar refractivity (Wildman–Crippen MR) is 137 cm³/mol. The normalized spacial score (nSPS) is 11.6. The second-order valence-corrected chi connectivity index (χ2v) is 14.0. The smallest absolute Gasteiger partial charge is 0.0594 e. The Morgan fingerprint density at radius 1 is 0.310 bits per heavy atom. The van der Waals surface area contributed by atoms with Crippen molar-refractivity contribution in [3.05, 3.63) is 0 Å². The van der Waals surface area contributed by atoms with E-state index in [1.54, 1.807) is 31.1 Å². The van der Waals surface area contributed by atoms with Gasteiger partial charge in [0.1, 0.15) is 0 Å². The van der Waals surface area contributed by atoms with E-state index >= 15 is 0 Å². The molecule has 0 radical (unpaired) electrons. The van der Waals surface area contributed by atoms with Crippen molar-refractivity contribution in [2.75, 3.05) is 24.6 Å². The molecule has 0 nitrogen and oxygen atoms in total. The lowest BCUT2D eigenvalue weighted by atomic mass is 10.1. The van der Waals surface area contributed by atoms with Gasteiger partial charge in [-0.25, -0.2) is 0 Å². The maximum absolute atomic E-state index is 2.37. The molecule has 0 bridgehead atoms. The number of hydrogen-bond donors (Lipinski definition) is 0. The van der Waals surface area contributed by atoms with Crippen molar-refractivity contribution >= 4 is 7.26 Å². The zero-order valence-electron chi connectivity index (χ0n) is 21.1. The van der Waals surface area contributed by atoms with Crippen LogP contribution in [0.5, 0.6) is 0 Å². The molecule has 0 atom stereocenters. The van der Waals surface area contributed by atoms with Crippen LogP contribution in [0.2, 0.25) is 0 Å². The summed E-state index contributed by atoms with van der Waals surface area (Å²) in [6.45, 7) is 9.43. The van der Waals surface area contributed by atoms with Gasteiger partial charge in [0.05, 0.1) is 24.6 Å². The van der Waals surface area contributed by atoms with Gasteiger partial charge >= 0.3 is 0 Å². The molecule has 2 heteroatoms. The highest BCUT2D eigenvalue weighted by atomic mass is 127. The van der Waals surface area contributed by atoms with Gasteiger partial charge in [0.15, 0.2) is 0 Å². The Kier molecular flexibility index (Phi) is 28.3. The average molecular weight is 541 g/mol. The number of hydrogen-bond acceptors (Lipinski definition) is 0. The van der Waals surface area contributed by atoms with E-state index in [-0.39, 0.29) is 24.0 Å². The molecule has 0 fully saturated rings. The summed E-state index contributed by atoms with van der Waals surface area (Å²) in [5, 5.41) is 0. The summed E-state index contributed by atoms with van der Waals surface area (Å²) in [6, 6.07) is 0. The first-order valence-electron chi connectivity index (χ1n) is 13.6. The van der Waals surface area contributed by atoms with Crippen LogP contribution < -0.4 is 24.0 Å². The topological polar surface area (TPSA) is 0 Å². The summed E-state index contributed by atoms with van der Waals surface area (Å²) in [5.74, 6) is 0. The van der Waals surface area contributed by atoms with E-state index < -0.39 is 7.26 Å². The zero-order chi connectivity index (χ0) is 20.8. The van der Waals surface area contributed by atoms with Crippen LogP contribution in [-0.4, -0.2) is 24.6 Å². The van der Waals surface area contributed by atoms with Gasteiger partial charge in [-0.2, -0.15) is 0 Å². The van der Waals surface area contributed by atoms with Crippen LogP contribution in [0.3, 0.4) is 0 Å². The highest BCUT2D eigenvalue weighted by Gasteiger charge is 2.34. The second kappa shape index (κ2) is 25.4. The van der Waals surface area contributed by atoms with E-state index in [0.717, 1.165) is 0 Å². The molecule has 0 unspecified atom stereocenters. The third-order valence-electron chi connectivity index (χ3n) is 6.69. The Bertz CT molecular complexity index is 266. The van der Waals surface area contributed by atoms with Crippen molar-refractivity contribution in [1.82, 2.24) is 0 Å². The molecule has 0 aliphatic heterocycles. The molecular weight excluding hydrogens is 482 g/mol. The highest BCUT2D eigenvalue weighted by Crippen LogP contribution is 2.61. The molecule has 0 aliphatic carbocycles. The number of halogens is 1. The molecule has 29 heavy (non-hydrogen) atoms. The summed E-state index contributed by atoms with van der Waals surface area (Å²) in [6.07, 6.45) is 34.5. The van der Waals surface area contributed by atoms with Crippen LogP contribution in [0.25, 0.3) is 0 Å². The third kappa shape index (κ3) is 20.8. The van der Waals surface area contributed by atoms with E-state index in [9.17, 15) is 0 Å². The molecule has 0 N–H and O–H groups in total. The molecule has 0 saturated heterocycles. The quantitative estimate of drug-likeness (QED) is 0.0715. The molecule has 178 valence electrons. The Balaban J connectivity index is 0. The molecule has 0 saturated carbocycles. The van der Waals surface area contributed by atoms with Gasteiger partial charge in [-0.15, -0.1) is 0 Å². The standard InChI is InChI=1S/C27H58P.HI/c1-5-9-13-14-15-16-17-18-19-23-27-28(24-20-10-6-2,25-21-11-7-3)26-22-12-8-4;/h5-27H2,1-4H3;1H/q+1;/p-1. The molecule has 0 aliphatic rings. The maximum Gasteiger partial charge on any atom is 0.0594 e. The van der Waals surface area contributed by atoms with E-state index in [4.69, 9.17) is 0 Å². The lowest BCUT2D eigenvalue weighted by Gasteiger charge is -2.28. The summed E-state index contributed by atoms with van der Waals surface area (Å²) in [4.78, 5) is 0. The first-order valence-corrected chi connectivity index (χ1v) is 16.1. The fourth-order valence-corrected chi connectivity index (χ4v) is 9.62. The van der Waals surface area contributed by atoms with Gasteiger partial charge in [0.2, 0.25) is 0 Å². The predicted octanol–water partition coefficient (Wildman–Crippen LogP) is 7.50. The first-order chi connectivity index (χ1) is 13.7. The molecule has 0 spiro atoms. The molecular formula is C27H58IP. The first kappa shape index (κ1) is 32.3. The van der Waals surface area contributed by atoms with Crippen molar-refractivity contribution < 1.29 is 24.0 Å². The van der Waals surface area contributed by atoms with Crippen LogP contribution in [0.1, 0.15) is 150 Å². The van der Waals surface area contributed by atoms with Crippen LogP contribution in [0, 0.1) is 0 Å². The van der Waals surface area contributed by atoms with Crippen molar-refractivity contribution in [2.45, 2.75) is 150 Å². The third-order valence-corrected chi connectivity index (χ3v) is 11.8. The van der Waals surface area contributed by atoms with Crippen molar-refractivity contribution in [2.24, 2.45) is 0 Å². The summed E-state index contributed by atoms with van der Waals surface area (Å²) >= 11 is 0. The lowest BCUT2D eigenvalue weighted by Crippen LogP contribution is -3.00. The maximum atomic E-state index is 2.37. The van der Waals surface area contributed by atoms with Gasteiger partial charge in [-0.3, -0.25) is 0 Å². The van der Waals surface area contributed by atoms with Crippen LogP contribution in [0.4, 0.5) is 0 Å². The minimum Gasteiger partial charge on any atom is -1.00 e. The Morgan fingerprint density at radius 3 is 0.828 bits per heavy atom. The molecule has 0 aromatic carbocycles. The van der Waals surface area contributed by atoms with E-state index in [1.165, 1.54) is 116 Å². The molecule has 0 aromatic heterocycles. The Hall–Kier alpha value is 1.16. The molecule has 0 amide bonds. The van der Waals surface area contributed by atoms with Gasteiger partial charge in [-0.1, -0.05) is 118 Å². The van der Waals surface area contributed by atoms with E-state index in [1.807, 2.05) is 0 Å². The van der Waals surface area contributed by atoms with Crippen molar-refractivity contribution in [3.8, 4) is 0 Å². The second-order valence-electron chi connectivity index (χ2n) is 9.54. The monoisotopic (exact) mass is 540 g/mol. The SMILES string of the molecule is CCCCCCCCCCCC[P+](CCCCC)(CCCCC)CCCCC.[I-]. The molecule has 0 rings (SSSR count). The van der Waals surface area contributed by atoms with Gasteiger partial charge in [0, 0.05) is 7.26 Å². The summed E-state index contributed by atoms with van der Waals surface area (Å²) in [7, 11) is -0.659. The fourth-order valence-electron chi connectivity index (χ4n) is 4.70. The average Bonchev–Trinajstić information content (AvgIpc) is 2.70. The molecule has 0 aromatic rings. The number of unbranched alkanes of at least 4 members (excludes halogenated alkanes) is 15. The van der Waals surface area contributed by atoms with E-state index in [0.29, 0.717) is 0 Å². The van der Waals surface area contributed by atoms with Crippen LogP contribution in [-0.2, 0) is 0 Å². The van der Waals surface area contributed by atoms with Crippen LogP contribution in [0.15, 0.2) is 0 Å². The Labute approximate surface area is 204 Å². The van der Waals surface area contributed by atoms with Crippen molar-refractivity contribution in [1.29, 1.82) is 0 Å². The van der Waals surface area contributed by atoms with Gasteiger partial charge in [-0.05, 0) is 32.1 Å². The summed E-state index contributed by atoms with van der Waals surface area (Å²) < 4.78 is 0. The molecule has 0 heterocycles. The minimum atomic E-state index is -0.659.